The van der Waals surface area contributed by atoms with Crippen LogP contribution in [-0.2, 0) is 6.42 Å². The molecule has 0 N–H and O–H groups in total. The maximum absolute atomic E-state index is 2.26. The summed E-state index contributed by atoms with van der Waals surface area (Å²) in [5, 5.41) is 0. The van der Waals surface area contributed by atoms with Gasteiger partial charge in [-0.2, -0.15) is 0 Å². The number of hydrogen-bond donors (Lipinski definition) is 0. The first-order valence-corrected chi connectivity index (χ1v) is 4.42. The fourth-order valence-corrected chi connectivity index (χ4v) is 1.43. The number of hydrogen-bond acceptors (Lipinski definition) is 1. The lowest BCUT2D eigenvalue weighted by atomic mass is 10.1. The average Bonchev–Trinajstić information content (AvgIpc) is 2.03. The minimum atomic E-state index is 1.11. The van der Waals surface area contributed by atoms with E-state index >= 15 is 0 Å². The summed E-state index contributed by atoms with van der Waals surface area (Å²) in [7, 11) is 4.17. The molecule has 0 bridgehead atoms. The summed E-state index contributed by atoms with van der Waals surface area (Å²) < 4.78 is 0. The molecule has 0 spiro atoms. The highest BCUT2D eigenvalue weighted by Gasteiger charge is 2.01. The Morgan fingerprint density at radius 1 is 1.25 bits per heavy atom. The Labute approximate surface area is 75.0 Å². The van der Waals surface area contributed by atoms with Crippen LogP contribution in [0.15, 0.2) is 18.2 Å². The summed E-state index contributed by atoms with van der Waals surface area (Å²) in [4.78, 5) is 2.16. The van der Waals surface area contributed by atoms with Gasteiger partial charge < -0.3 is 4.90 Å². The maximum atomic E-state index is 2.26. The van der Waals surface area contributed by atoms with Gasteiger partial charge in [-0.1, -0.05) is 24.6 Å². The molecule has 1 aromatic rings. The zero-order valence-corrected chi connectivity index (χ0v) is 8.39. The van der Waals surface area contributed by atoms with Crippen LogP contribution in [0.2, 0.25) is 0 Å². The van der Waals surface area contributed by atoms with Gasteiger partial charge in [-0.3, -0.25) is 0 Å². The van der Waals surface area contributed by atoms with Gasteiger partial charge in [0.05, 0.1) is 0 Å². The molecule has 1 heteroatoms. The molecule has 0 aliphatic carbocycles. The van der Waals surface area contributed by atoms with E-state index in [2.05, 4.69) is 51.0 Å². The van der Waals surface area contributed by atoms with Gasteiger partial charge >= 0.3 is 0 Å². The summed E-state index contributed by atoms with van der Waals surface area (Å²) in [6, 6.07) is 6.61. The minimum Gasteiger partial charge on any atom is -0.377 e. The molecule has 66 valence electrons. The van der Waals surface area contributed by atoms with E-state index in [9.17, 15) is 0 Å². The zero-order valence-electron chi connectivity index (χ0n) is 8.39. The molecule has 0 heterocycles. The lowest BCUT2D eigenvalue weighted by Gasteiger charge is -2.17. The Balaban J connectivity index is 3.11. The van der Waals surface area contributed by atoms with Crippen molar-refractivity contribution in [3.05, 3.63) is 29.3 Å². The van der Waals surface area contributed by atoms with Gasteiger partial charge in [0.2, 0.25) is 0 Å². The third kappa shape index (κ3) is 1.79. The second-order valence-corrected chi connectivity index (χ2v) is 3.38. The second-order valence-electron chi connectivity index (χ2n) is 3.38. The number of benzene rings is 1. The van der Waals surface area contributed by atoms with Gasteiger partial charge in [0.25, 0.3) is 0 Å². The molecule has 0 aromatic heterocycles. The molecule has 1 nitrogen and oxygen atoms in total. The van der Waals surface area contributed by atoms with Crippen molar-refractivity contribution < 1.29 is 0 Å². The van der Waals surface area contributed by atoms with Crippen LogP contribution in [0, 0.1) is 6.92 Å². The van der Waals surface area contributed by atoms with Crippen molar-refractivity contribution in [2.75, 3.05) is 19.0 Å². The molecule has 0 amide bonds. The smallest absolute Gasteiger partial charge is 0.0393 e. The monoisotopic (exact) mass is 163 g/mol. The van der Waals surface area contributed by atoms with E-state index < -0.39 is 0 Å². The quantitative estimate of drug-likeness (QED) is 0.648. The van der Waals surface area contributed by atoms with Crippen LogP contribution in [0.5, 0.6) is 0 Å². The molecule has 12 heavy (non-hydrogen) atoms. The van der Waals surface area contributed by atoms with Crippen LogP contribution in [0.25, 0.3) is 0 Å². The third-order valence-corrected chi connectivity index (χ3v) is 2.10. The van der Waals surface area contributed by atoms with Crippen molar-refractivity contribution in [3.8, 4) is 0 Å². The van der Waals surface area contributed by atoms with Crippen molar-refractivity contribution in [3.63, 3.8) is 0 Å². The van der Waals surface area contributed by atoms with Gasteiger partial charge in [-0.15, -0.1) is 0 Å². The van der Waals surface area contributed by atoms with Crippen LogP contribution in [0.4, 0.5) is 5.69 Å². The lowest BCUT2D eigenvalue weighted by molar-refractivity contribution is 1.06. The normalized spacial score (nSPS) is 10.0. The Kier molecular flexibility index (Phi) is 2.74. The predicted octanol–water partition coefficient (Wildman–Crippen LogP) is 2.62. The van der Waals surface area contributed by atoms with Gasteiger partial charge in [0, 0.05) is 19.8 Å². The van der Waals surface area contributed by atoms with Crippen LogP contribution in [0.3, 0.4) is 0 Å². The van der Waals surface area contributed by atoms with Gasteiger partial charge in [0.1, 0.15) is 0 Å². The van der Waals surface area contributed by atoms with E-state index in [1.165, 1.54) is 16.8 Å². The van der Waals surface area contributed by atoms with E-state index in [0.29, 0.717) is 0 Å². The number of anilines is 1. The van der Waals surface area contributed by atoms with Crippen LogP contribution < -0.4 is 4.90 Å². The van der Waals surface area contributed by atoms with Gasteiger partial charge in [-0.25, -0.2) is 0 Å². The van der Waals surface area contributed by atoms with Crippen molar-refractivity contribution in [1.82, 2.24) is 0 Å². The Hall–Kier alpha value is -0.980. The van der Waals surface area contributed by atoms with E-state index in [0.717, 1.165) is 6.42 Å². The fraction of sp³-hybridized carbons (Fsp3) is 0.455. The SMILES string of the molecule is CCc1cc(C)ccc1N(C)C. The van der Waals surface area contributed by atoms with E-state index in [-0.39, 0.29) is 0 Å². The average molecular weight is 163 g/mol. The molecule has 0 saturated heterocycles. The molecule has 0 atom stereocenters. The first kappa shape index (κ1) is 9.11. The summed E-state index contributed by atoms with van der Waals surface area (Å²) in [5.74, 6) is 0. The number of nitrogens with zero attached hydrogens (tertiary/aromatic N) is 1. The number of aryl methyl sites for hydroxylation is 2. The molecule has 1 aromatic carbocycles. The Morgan fingerprint density at radius 3 is 2.42 bits per heavy atom. The lowest BCUT2D eigenvalue weighted by Crippen LogP contribution is -2.10. The molecule has 1 rings (SSSR count). The van der Waals surface area contributed by atoms with Crippen LogP contribution >= 0.6 is 0 Å². The maximum Gasteiger partial charge on any atom is 0.0393 e. The van der Waals surface area contributed by atoms with Crippen molar-refractivity contribution in [2.45, 2.75) is 20.3 Å². The van der Waals surface area contributed by atoms with Gasteiger partial charge in [0.15, 0.2) is 0 Å². The topological polar surface area (TPSA) is 3.24 Å². The molecule has 0 unspecified atom stereocenters. The molecular formula is C11H17N. The van der Waals surface area contributed by atoms with Crippen molar-refractivity contribution >= 4 is 5.69 Å². The molecule has 0 aliphatic rings. The van der Waals surface area contributed by atoms with Crippen molar-refractivity contribution in [1.29, 1.82) is 0 Å². The predicted molar refractivity (Wildman–Crippen MR) is 54.9 cm³/mol. The summed E-state index contributed by atoms with van der Waals surface area (Å²) in [5.41, 5.74) is 4.11. The molecular weight excluding hydrogens is 146 g/mol. The summed E-state index contributed by atoms with van der Waals surface area (Å²) in [6.07, 6.45) is 1.11. The Morgan fingerprint density at radius 2 is 1.92 bits per heavy atom. The standard InChI is InChI=1S/C11H17N/c1-5-10-8-9(2)6-7-11(10)12(3)4/h6-8H,5H2,1-4H3. The molecule has 0 saturated carbocycles. The first-order chi connectivity index (χ1) is 5.65. The van der Waals surface area contributed by atoms with E-state index in [1.807, 2.05) is 0 Å². The van der Waals surface area contributed by atoms with Crippen LogP contribution in [-0.4, -0.2) is 14.1 Å². The highest BCUT2D eigenvalue weighted by atomic mass is 15.1. The Bertz CT molecular complexity index is 264. The highest BCUT2D eigenvalue weighted by molar-refractivity contribution is 5.53. The second kappa shape index (κ2) is 3.61. The fourth-order valence-electron chi connectivity index (χ4n) is 1.43. The number of rotatable bonds is 2. The van der Waals surface area contributed by atoms with Gasteiger partial charge in [-0.05, 0) is 25.0 Å². The van der Waals surface area contributed by atoms with E-state index in [1.54, 1.807) is 0 Å². The zero-order chi connectivity index (χ0) is 9.14. The van der Waals surface area contributed by atoms with Crippen LogP contribution in [0.1, 0.15) is 18.1 Å². The molecule has 0 fully saturated rings. The molecule has 0 radical (unpaired) electrons. The summed E-state index contributed by atoms with van der Waals surface area (Å²) in [6.45, 7) is 4.33. The summed E-state index contributed by atoms with van der Waals surface area (Å²) >= 11 is 0. The van der Waals surface area contributed by atoms with Crippen molar-refractivity contribution in [2.24, 2.45) is 0 Å². The van der Waals surface area contributed by atoms with E-state index in [4.69, 9.17) is 0 Å². The largest absolute Gasteiger partial charge is 0.377 e. The first-order valence-electron chi connectivity index (χ1n) is 4.42. The molecule has 0 aliphatic heterocycles. The minimum absolute atomic E-state index is 1.11. The third-order valence-electron chi connectivity index (χ3n) is 2.10. The highest BCUT2D eigenvalue weighted by Crippen LogP contribution is 2.19.